The molecule has 6 nitrogen and oxygen atoms in total. The average molecular weight is 305 g/mol. The number of thiazole rings is 1. The van der Waals surface area contributed by atoms with Crippen molar-refractivity contribution in [3.63, 3.8) is 0 Å². The van der Waals surface area contributed by atoms with Crippen molar-refractivity contribution in [3.8, 4) is 0 Å². The molecule has 0 aromatic carbocycles. The van der Waals surface area contributed by atoms with Crippen LogP contribution < -0.4 is 5.32 Å². The summed E-state index contributed by atoms with van der Waals surface area (Å²) >= 11 is 2.34. The molecule has 1 amide bonds. The van der Waals surface area contributed by atoms with E-state index in [1.807, 2.05) is 0 Å². The summed E-state index contributed by atoms with van der Waals surface area (Å²) in [5.41, 5.74) is 0. The summed E-state index contributed by atoms with van der Waals surface area (Å²) in [7, 11) is 1.43. The summed E-state index contributed by atoms with van der Waals surface area (Å²) < 4.78 is 26.1. The van der Waals surface area contributed by atoms with Gasteiger partial charge in [-0.25, -0.2) is 13.8 Å². The third-order valence-corrected chi connectivity index (χ3v) is 3.78. The van der Waals surface area contributed by atoms with Gasteiger partial charge in [0.15, 0.2) is 10.3 Å². The van der Waals surface area contributed by atoms with Crippen molar-refractivity contribution in [3.05, 3.63) is 17.4 Å². The molecule has 2 aromatic rings. The lowest BCUT2D eigenvalue weighted by Crippen LogP contribution is -2.14. The molecule has 0 saturated heterocycles. The van der Waals surface area contributed by atoms with Gasteiger partial charge in [0.25, 0.3) is 6.43 Å². The first kappa shape index (κ1) is 13.9. The minimum Gasteiger partial charge on any atom is -0.304 e. The van der Waals surface area contributed by atoms with Gasteiger partial charge in [-0.05, 0) is 0 Å². The number of amides is 1. The summed E-state index contributed by atoms with van der Waals surface area (Å²) in [6.07, 6.45) is -1.11. The van der Waals surface area contributed by atoms with Crippen LogP contribution >= 0.6 is 23.1 Å². The molecule has 0 atom stereocenters. The fourth-order valence-electron chi connectivity index (χ4n) is 1.21. The second-order valence-corrected chi connectivity index (χ2v) is 5.21. The summed E-state index contributed by atoms with van der Waals surface area (Å²) in [6, 6.07) is 0. The van der Waals surface area contributed by atoms with Crippen LogP contribution in [0.5, 0.6) is 0 Å². The van der Waals surface area contributed by atoms with Gasteiger partial charge in [-0.1, -0.05) is 11.8 Å². The van der Waals surface area contributed by atoms with E-state index < -0.39 is 12.2 Å². The van der Waals surface area contributed by atoms with Crippen LogP contribution in [0.4, 0.5) is 13.9 Å². The van der Waals surface area contributed by atoms with Crippen LogP contribution in [0, 0.1) is 0 Å². The van der Waals surface area contributed by atoms with Gasteiger partial charge in [0.1, 0.15) is 0 Å². The fourth-order valence-corrected chi connectivity index (χ4v) is 2.48. The van der Waals surface area contributed by atoms with Gasteiger partial charge < -0.3 is 9.88 Å². The van der Waals surface area contributed by atoms with E-state index in [1.54, 1.807) is 11.6 Å². The molecular weight excluding hydrogens is 296 g/mol. The second kappa shape index (κ2) is 6.06. The maximum absolute atomic E-state index is 12.5. The van der Waals surface area contributed by atoms with Crippen molar-refractivity contribution in [2.75, 3.05) is 11.1 Å². The summed E-state index contributed by atoms with van der Waals surface area (Å²) in [5.74, 6) is -0.640. The number of halogens is 2. The van der Waals surface area contributed by atoms with Gasteiger partial charge in [0.2, 0.25) is 11.7 Å². The number of aromatic nitrogens is 4. The smallest absolute Gasteiger partial charge is 0.297 e. The molecule has 2 rings (SSSR count). The molecule has 0 fully saturated rings. The van der Waals surface area contributed by atoms with Crippen LogP contribution in [0.15, 0.2) is 16.7 Å². The monoisotopic (exact) mass is 305 g/mol. The second-order valence-electron chi connectivity index (χ2n) is 3.37. The highest BCUT2D eigenvalue weighted by atomic mass is 32.2. The Hall–Kier alpha value is -1.55. The summed E-state index contributed by atoms with van der Waals surface area (Å²) in [5, 5.41) is 12.1. The molecular formula is C9H9F2N5OS2. The van der Waals surface area contributed by atoms with Crippen molar-refractivity contribution >= 4 is 34.1 Å². The number of carbonyl (C=O) groups is 1. The molecule has 1 N–H and O–H groups in total. The minimum absolute atomic E-state index is 0.0504. The minimum atomic E-state index is -2.68. The van der Waals surface area contributed by atoms with Crippen LogP contribution in [0.1, 0.15) is 12.2 Å². The van der Waals surface area contributed by atoms with Gasteiger partial charge in [-0.15, -0.1) is 21.5 Å². The third kappa shape index (κ3) is 3.47. The first-order valence-corrected chi connectivity index (χ1v) is 6.94. The van der Waals surface area contributed by atoms with Crippen molar-refractivity contribution in [1.82, 2.24) is 19.7 Å². The van der Waals surface area contributed by atoms with E-state index in [9.17, 15) is 13.6 Å². The van der Waals surface area contributed by atoms with Crippen LogP contribution in [-0.4, -0.2) is 31.4 Å². The Morgan fingerprint density at radius 3 is 2.95 bits per heavy atom. The molecule has 0 aliphatic heterocycles. The zero-order valence-electron chi connectivity index (χ0n) is 9.71. The van der Waals surface area contributed by atoms with E-state index >= 15 is 0 Å². The van der Waals surface area contributed by atoms with E-state index in [2.05, 4.69) is 20.5 Å². The number of nitrogens with one attached hydrogen (secondary N) is 1. The Bertz CT molecular complexity index is 557. The number of nitrogens with zero attached hydrogens (tertiary/aromatic N) is 4. The first-order valence-electron chi connectivity index (χ1n) is 5.07. The normalized spacial score (nSPS) is 10.9. The third-order valence-electron chi connectivity index (χ3n) is 2.07. The number of hydrogen-bond acceptors (Lipinski definition) is 6. The lowest BCUT2D eigenvalue weighted by molar-refractivity contribution is -0.113. The highest BCUT2D eigenvalue weighted by Crippen LogP contribution is 2.22. The molecule has 2 heterocycles. The van der Waals surface area contributed by atoms with Gasteiger partial charge in [-0.2, -0.15) is 0 Å². The molecule has 0 aliphatic carbocycles. The largest absolute Gasteiger partial charge is 0.304 e. The Labute approximate surface area is 115 Å². The standard InChI is InChI=1S/C9H9F2N5OS2/c1-16-7(6(10)11)14-15-9(16)19-4-5(17)13-8-12-2-3-18-8/h2-3,6H,4H2,1H3,(H,12,13,17). The molecule has 10 heteroatoms. The predicted octanol–water partition coefficient (Wildman–Crippen LogP) is 1.94. The van der Waals surface area contributed by atoms with Crippen LogP contribution in [-0.2, 0) is 11.8 Å². The van der Waals surface area contributed by atoms with E-state index in [0.29, 0.717) is 5.13 Å². The maximum Gasteiger partial charge on any atom is 0.297 e. The zero-order chi connectivity index (χ0) is 13.8. The Balaban J connectivity index is 1.90. The number of thioether (sulfide) groups is 1. The van der Waals surface area contributed by atoms with Gasteiger partial charge >= 0.3 is 0 Å². The van der Waals surface area contributed by atoms with E-state index in [1.165, 1.54) is 23.0 Å². The molecule has 0 aliphatic rings. The average Bonchev–Trinajstić information content (AvgIpc) is 2.96. The van der Waals surface area contributed by atoms with Crippen molar-refractivity contribution in [2.45, 2.75) is 11.6 Å². The number of anilines is 1. The Kier molecular flexibility index (Phi) is 4.43. The highest BCUT2D eigenvalue weighted by molar-refractivity contribution is 7.99. The SMILES string of the molecule is Cn1c(SCC(=O)Nc2nccs2)nnc1C(F)F. The van der Waals surface area contributed by atoms with E-state index in [4.69, 9.17) is 0 Å². The van der Waals surface area contributed by atoms with Crippen molar-refractivity contribution in [2.24, 2.45) is 7.05 Å². The lowest BCUT2D eigenvalue weighted by Gasteiger charge is -2.03. The highest BCUT2D eigenvalue weighted by Gasteiger charge is 2.18. The molecule has 0 spiro atoms. The Morgan fingerprint density at radius 1 is 1.58 bits per heavy atom. The van der Waals surface area contributed by atoms with Gasteiger partial charge in [-0.3, -0.25) is 4.79 Å². The molecule has 19 heavy (non-hydrogen) atoms. The Morgan fingerprint density at radius 2 is 2.37 bits per heavy atom. The molecule has 102 valence electrons. The molecule has 0 radical (unpaired) electrons. The van der Waals surface area contributed by atoms with E-state index in [-0.39, 0.29) is 16.8 Å². The number of alkyl halides is 2. The van der Waals surface area contributed by atoms with Crippen molar-refractivity contribution in [1.29, 1.82) is 0 Å². The van der Waals surface area contributed by atoms with Gasteiger partial charge in [0, 0.05) is 18.6 Å². The molecule has 2 aromatic heterocycles. The number of carbonyl (C=O) groups excluding carboxylic acids is 1. The fraction of sp³-hybridized carbons (Fsp3) is 0.333. The summed E-state index contributed by atoms with van der Waals surface area (Å²) in [4.78, 5) is 15.5. The van der Waals surface area contributed by atoms with Crippen LogP contribution in [0.25, 0.3) is 0 Å². The van der Waals surface area contributed by atoms with Crippen LogP contribution in [0.3, 0.4) is 0 Å². The lowest BCUT2D eigenvalue weighted by atomic mass is 10.6. The quantitative estimate of drug-likeness (QED) is 0.855. The molecule has 0 unspecified atom stereocenters. The number of hydrogen-bond donors (Lipinski definition) is 1. The topological polar surface area (TPSA) is 72.7 Å². The van der Waals surface area contributed by atoms with Crippen LogP contribution in [0.2, 0.25) is 0 Å². The maximum atomic E-state index is 12.5. The van der Waals surface area contributed by atoms with E-state index in [0.717, 1.165) is 11.8 Å². The molecule has 0 bridgehead atoms. The van der Waals surface area contributed by atoms with Crippen molar-refractivity contribution < 1.29 is 13.6 Å². The van der Waals surface area contributed by atoms with Gasteiger partial charge in [0.05, 0.1) is 5.75 Å². The first-order chi connectivity index (χ1) is 9.08. The zero-order valence-corrected chi connectivity index (χ0v) is 11.3. The summed E-state index contributed by atoms with van der Waals surface area (Å²) in [6.45, 7) is 0. The number of rotatable bonds is 5. The molecule has 0 saturated carbocycles. The predicted molar refractivity (Wildman–Crippen MR) is 67.4 cm³/mol.